The van der Waals surface area contributed by atoms with Gasteiger partial charge in [-0.2, -0.15) is 0 Å². The molecule has 1 aromatic carbocycles. The molecule has 0 saturated carbocycles. The van der Waals surface area contributed by atoms with Gasteiger partial charge in [0.2, 0.25) is 0 Å². The number of hydrogen-bond acceptors (Lipinski definition) is 3. The summed E-state index contributed by atoms with van der Waals surface area (Å²) in [5.74, 6) is 0.634. The number of carbonyl (C=O) groups is 1. The van der Waals surface area contributed by atoms with E-state index in [1.54, 1.807) is 0 Å². The predicted molar refractivity (Wildman–Crippen MR) is 80.1 cm³/mol. The smallest absolute Gasteiger partial charge is 0.257 e. The number of carbonyl (C=O) groups excluding carboxylic acids is 1. The van der Waals surface area contributed by atoms with Crippen LogP contribution >= 0.6 is 0 Å². The fourth-order valence-electron chi connectivity index (χ4n) is 1.84. The molecule has 0 aliphatic heterocycles. The van der Waals surface area contributed by atoms with Crippen LogP contribution in [0.2, 0.25) is 0 Å². The number of rotatable bonds is 8. The summed E-state index contributed by atoms with van der Waals surface area (Å²) < 4.78 is 10.9. The number of nitrogens with one attached hydrogen (secondary N) is 1. The molecule has 1 N–H and O–H groups in total. The van der Waals surface area contributed by atoms with Gasteiger partial charge in [-0.3, -0.25) is 4.79 Å². The molecular formula is C16H25NO3. The molecule has 0 unspecified atom stereocenters. The van der Waals surface area contributed by atoms with E-state index in [4.69, 9.17) is 9.47 Å². The van der Waals surface area contributed by atoms with Gasteiger partial charge in [0, 0.05) is 13.2 Å². The van der Waals surface area contributed by atoms with Crippen molar-refractivity contribution < 1.29 is 14.3 Å². The van der Waals surface area contributed by atoms with Crippen molar-refractivity contribution in [1.29, 1.82) is 0 Å². The van der Waals surface area contributed by atoms with E-state index in [2.05, 4.69) is 11.4 Å². The van der Waals surface area contributed by atoms with Crippen LogP contribution in [-0.2, 0) is 9.53 Å². The second-order valence-corrected chi connectivity index (χ2v) is 5.24. The topological polar surface area (TPSA) is 47.6 Å². The summed E-state index contributed by atoms with van der Waals surface area (Å²) in [7, 11) is 0. The van der Waals surface area contributed by atoms with Gasteiger partial charge in [0.1, 0.15) is 5.75 Å². The fraction of sp³-hybridized carbons (Fsp3) is 0.562. The normalized spacial score (nSPS) is 10.7. The average Bonchev–Trinajstić information content (AvgIpc) is 2.34. The Hall–Kier alpha value is -1.55. The summed E-state index contributed by atoms with van der Waals surface area (Å²) in [5, 5.41) is 2.81. The number of hydrogen-bond donors (Lipinski definition) is 1. The molecule has 20 heavy (non-hydrogen) atoms. The average molecular weight is 279 g/mol. The Morgan fingerprint density at radius 3 is 2.45 bits per heavy atom. The van der Waals surface area contributed by atoms with Gasteiger partial charge in [-0.05, 0) is 57.4 Å². The first kappa shape index (κ1) is 16.5. The van der Waals surface area contributed by atoms with Crippen LogP contribution < -0.4 is 10.1 Å². The number of benzene rings is 1. The molecule has 1 rings (SSSR count). The van der Waals surface area contributed by atoms with Gasteiger partial charge >= 0.3 is 0 Å². The van der Waals surface area contributed by atoms with Gasteiger partial charge < -0.3 is 14.8 Å². The minimum Gasteiger partial charge on any atom is -0.484 e. The summed E-state index contributed by atoms with van der Waals surface area (Å²) >= 11 is 0. The molecule has 1 aromatic rings. The number of amides is 1. The van der Waals surface area contributed by atoms with Crippen LogP contribution in [0, 0.1) is 13.8 Å². The maximum Gasteiger partial charge on any atom is 0.257 e. The molecular weight excluding hydrogens is 254 g/mol. The summed E-state index contributed by atoms with van der Waals surface area (Å²) in [4.78, 5) is 11.6. The third-order valence-corrected chi connectivity index (χ3v) is 2.66. The zero-order valence-electron chi connectivity index (χ0n) is 12.9. The van der Waals surface area contributed by atoms with Crippen LogP contribution in [0.5, 0.6) is 5.75 Å². The van der Waals surface area contributed by atoms with Gasteiger partial charge in [0.15, 0.2) is 6.61 Å². The van der Waals surface area contributed by atoms with Gasteiger partial charge in [-0.1, -0.05) is 6.07 Å². The molecule has 0 spiro atoms. The van der Waals surface area contributed by atoms with Gasteiger partial charge in [-0.25, -0.2) is 0 Å². The Bertz CT molecular complexity index is 409. The second kappa shape index (κ2) is 8.59. The maximum atomic E-state index is 11.6. The van der Waals surface area contributed by atoms with Crippen LogP contribution in [0.25, 0.3) is 0 Å². The molecule has 4 nitrogen and oxygen atoms in total. The highest BCUT2D eigenvalue weighted by Gasteiger charge is 2.03. The van der Waals surface area contributed by atoms with E-state index in [0.29, 0.717) is 13.2 Å². The van der Waals surface area contributed by atoms with E-state index in [1.807, 2.05) is 39.8 Å². The van der Waals surface area contributed by atoms with Crippen LogP contribution in [0.15, 0.2) is 18.2 Å². The maximum absolute atomic E-state index is 11.6. The summed E-state index contributed by atoms with van der Waals surface area (Å²) in [5.41, 5.74) is 2.26. The van der Waals surface area contributed by atoms with Gasteiger partial charge in [0.25, 0.3) is 5.91 Å². The van der Waals surface area contributed by atoms with Crippen LogP contribution in [0.4, 0.5) is 0 Å². The first-order valence-electron chi connectivity index (χ1n) is 7.07. The largest absolute Gasteiger partial charge is 0.484 e. The van der Waals surface area contributed by atoms with Crippen LogP contribution in [-0.4, -0.2) is 31.8 Å². The SMILES string of the molecule is Cc1cc(C)cc(OCC(=O)NCCCOC(C)C)c1. The number of aryl methyl sites for hydroxylation is 2. The quantitative estimate of drug-likeness (QED) is 0.744. The minimum atomic E-state index is -0.103. The molecule has 0 heterocycles. The molecule has 0 fully saturated rings. The monoisotopic (exact) mass is 279 g/mol. The Morgan fingerprint density at radius 2 is 1.85 bits per heavy atom. The van der Waals surface area contributed by atoms with Crippen molar-refractivity contribution in [3.05, 3.63) is 29.3 Å². The molecule has 0 aromatic heterocycles. The van der Waals surface area contributed by atoms with Crippen molar-refractivity contribution in [1.82, 2.24) is 5.32 Å². The van der Waals surface area contributed by atoms with E-state index >= 15 is 0 Å². The Kier molecular flexibility index (Phi) is 7.09. The molecule has 4 heteroatoms. The predicted octanol–water partition coefficient (Wildman–Crippen LogP) is 2.61. The standard InChI is InChI=1S/C16H25NO3/c1-12(2)19-7-5-6-17-16(18)11-20-15-9-13(3)8-14(4)10-15/h8-10,12H,5-7,11H2,1-4H3,(H,17,18). The van der Waals surface area contributed by atoms with Crippen molar-refractivity contribution in [2.24, 2.45) is 0 Å². The summed E-state index contributed by atoms with van der Waals surface area (Å²) in [6.45, 7) is 9.33. The zero-order chi connectivity index (χ0) is 15.0. The molecule has 0 aliphatic carbocycles. The van der Waals surface area contributed by atoms with E-state index in [1.165, 1.54) is 0 Å². The van der Waals surface area contributed by atoms with Crippen molar-refractivity contribution >= 4 is 5.91 Å². The lowest BCUT2D eigenvalue weighted by molar-refractivity contribution is -0.123. The first-order chi connectivity index (χ1) is 9.47. The van der Waals surface area contributed by atoms with Crippen LogP contribution in [0.3, 0.4) is 0 Å². The summed E-state index contributed by atoms with van der Waals surface area (Å²) in [6.07, 6.45) is 1.05. The third kappa shape index (κ3) is 7.14. The third-order valence-electron chi connectivity index (χ3n) is 2.66. The Balaban J connectivity index is 2.19. The van der Waals surface area contributed by atoms with Crippen LogP contribution in [0.1, 0.15) is 31.4 Å². The second-order valence-electron chi connectivity index (χ2n) is 5.24. The van der Waals surface area contributed by atoms with E-state index in [-0.39, 0.29) is 18.6 Å². The molecule has 0 aliphatic rings. The fourth-order valence-corrected chi connectivity index (χ4v) is 1.84. The lowest BCUT2D eigenvalue weighted by atomic mass is 10.1. The zero-order valence-corrected chi connectivity index (χ0v) is 12.9. The summed E-state index contributed by atoms with van der Waals surface area (Å²) in [6, 6.07) is 5.93. The highest BCUT2D eigenvalue weighted by Crippen LogP contribution is 2.15. The van der Waals surface area contributed by atoms with Gasteiger partial charge in [-0.15, -0.1) is 0 Å². The molecule has 112 valence electrons. The van der Waals surface area contributed by atoms with Crippen molar-refractivity contribution in [3.63, 3.8) is 0 Å². The molecule has 1 amide bonds. The van der Waals surface area contributed by atoms with Crippen molar-refractivity contribution in [3.8, 4) is 5.75 Å². The minimum absolute atomic E-state index is 0.0495. The molecule has 0 radical (unpaired) electrons. The van der Waals surface area contributed by atoms with E-state index < -0.39 is 0 Å². The molecule has 0 saturated heterocycles. The van der Waals surface area contributed by atoms with Crippen molar-refractivity contribution in [2.75, 3.05) is 19.8 Å². The lowest BCUT2D eigenvalue weighted by Gasteiger charge is -2.10. The highest BCUT2D eigenvalue weighted by atomic mass is 16.5. The van der Waals surface area contributed by atoms with Crippen molar-refractivity contribution in [2.45, 2.75) is 40.2 Å². The Labute approximate surface area is 121 Å². The number of ether oxygens (including phenoxy) is 2. The first-order valence-corrected chi connectivity index (χ1v) is 7.07. The van der Waals surface area contributed by atoms with E-state index in [0.717, 1.165) is 23.3 Å². The molecule has 0 bridgehead atoms. The highest BCUT2D eigenvalue weighted by molar-refractivity contribution is 5.77. The molecule has 0 atom stereocenters. The Morgan fingerprint density at radius 1 is 1.20 bits per heavy atom. The van der Waals surface area contributed by atoms with E-state index in [9.17, 15) is 4.79 Å². The van der Waals surface area contributed by atoms with Gasteiger partial charge in [0.05, 0.1) is 6.10 Å². The lowest BCUT2D eigenvalue weighted by Crippen LogP contribution is -2.30.